The highest BCUT2D eigenvalue weighted by molar-refractivity contribution is 7.99. The van der Waals surface area contributed by atoms with E-state index in [1.165, 1.54) is 23.1 Å². The Kier molecular flexibility index (Phi) is 5.74. The molecule has 152 valence electrons. The fourth-order valence-electron chi connectivity index (χ4n) is 3.20. The second-order valence-electron chi connectivity index (χ2n) is 7.11. The lowest BCUT2D eigenvalue weighted by molar-refractivity contribution is -0.113. The number of benzene rings is 2. The molecule has 0 fully saturated rings. The van der Waals surface area contributed by atoms with Gasteiger partial charge in [0.05, 0.1) is 17.0 Å². The largest absolute Gasteiger partial charge is 0.325 e. The van der Waals surface area contributed by atoms with Crippen LogP contribution >= 0.6 is 23.1 Å². The van der Waals surface area contributed by atoms with Crippen molar-refractivity contribution in [1.29, 1.82) is 0 Å². The number of rotatable bonds is 5. The van der Waals surface area contributed by atoms with Gasteiger partial charge < -0.3 is 5.32 Å². The van der Waals surface area contributed by atoms with Crippen LogP contribution in [0.15, 0.2) is 63.9 Å². The van der Waals surface area contributed by atoms with Crippen molar-refractivity contribution in [3.63, 3.8) is 0 Å². The number of thioether (sulfide) groups is 1. The molecule has 1 amide bonds. The van der Waals surface area contributed by atoms with Gasteiger partial charge in [0.15, 0.2) is 5.16 Å². The van der Waals surface area contributed by atoms with Gasteiger partial charge in [0.2, 0.25) is 5.91 Å². The van der Waals surface area contributed by atoms with Crippen molar-refractivity contribution in [3.05, 3.63) is 81.0 Å². The zero-order valence-corrected chi connectivity index (χ0v) is 18.6. The van der Waals surface area contributed by atoms with Crippen LogP contribution in [0.3, 0.4) is 0 Å². The zero-order chi connectivity index (χ0) is 21.3. The maximum Gasteiger partial charge on any atom is 0.276 e. The van der Waals surface area contributed by atoms with Crippen molar-refractivity contribution in [3.8, 4) is 5.69 Å². The van der Waals surface area contributed by atoms with Gasteiger partial charge in [0, 0.05) is 5.69 Å². The van der Waals surface area contributed by atoms with E-state index < -0.39 is 0 Å². The van der Waals surface area contributed by atoms with Gasteiger partial charge in [-0.15, -0.1) is 11.3 Å². The number of nitrogens with zero attached hydrogens (tertiary/aromatic N) is 2. The predicted molar refractivity (Wildman–Crippen MR) is 125 cm³/mol. The third kappa shape index (κ3) is 4.04. The van der Waals surface area contributed by atoms with E-state index in [-0.39, 0.29) is 17.2 Å². The number of aromatic nitrogens is 2. The SMILES string of the molecule is Cc1ccc(C)c(NC(=O)CSc2nc3ccsc3c(=O)n2-c2ccccc2C)c1. The van der Waals surface area contributed by atoms with Gasteiger partial charge in [-0.1, -0.05) is 42.1 Å². The number of nitrogens with one attached hydrogen (secondary N) is 1. The summed E-state index contributed by atoms with van der Waals surface area (Å²) in [7, 11) is 0. The van der Waals surface area contributed by atoms with Gasteiger partial charge in [0.25, 0.3) is 5.56 Å². The number of amides is 1. The van der Waals surface area contributed by atoms with Crippen LogP contribution < -0.4 is 10.9 Å². The topological polar surface area (TPSA) is 64.0 Å². The molecule has 4 rings (SSSR count). The highest BCUT2D eigenvalue weighted by Crippen LogP contribution is 2.25. The number of carbonyl (C=O) groups excluding carboxylic acids is 1. The Balaban J connectivity index is 1.66. The number of hydrogen-bond donors (Lipinski definition) is 1. The predicted octanol–water partition coefficient (Wildman–Crippen LogP) is 5.10. The Labute approximate surface area is 182 Å². The lowest BCUT2D eigenvalue weighted by Crippen LogP contribution is -2.23. The molecule has 0 spiro atoms. The van der Waals surface area contributed by atoms with Crippen LogP contribution in [0.25, 0.3) is 15.9 Å². The molecule has 7 heteroatoms. The van der Waals surface area contributed by atoms with Crippen molar-refractivity contribution < 1.29 is 4.79 Å². The summed E-state index contributed by atoms with van der Waals surface area (Å²) in [6.07, 6.45) is 0. The first-order valence-electron chi connectivity index (χ1n) is 9.50. The average Bonchev–Trinajstić information content (AvgIpc) is 3.19. The molecule has 0 bridgehead atoms. The van der Waals surface area contributed by atoms with E-state index >= 15 is 0 Å². The Bertz CT molecular complexity index is 1310. The van der Waals surface area contributed by atoms with E-state index in [9.17, 15) is 9.59 Å². The first-order valence-corrected chi connectivity index (χ1v) is 11.4. The van der Waals surface area contributed by atoms with E-state index in [2.05, 4.69) is 10.3 Å². The lowest BCUT2D eigenvalue weighted by Gasteiger charge is -2.14. The van der Waals surface area contributed by atoms with E-state index in [0.717, 1.165) is 28.1 Å². The van der Waals surface area contributed by atoms with Crippen LogP contribution in [0.1, 0.15) is 16.7 Å². The molecule has 5 nitrogen and oxygen atoms in total. The molecule has 0 atom stereocenters. The van der Waals surface area contributed by atoms with Crippen LogP contribution in [0, 0.1) is 20.8 Å². The van der Waals surface area contributed by atoms with Crippen molar-refractivity contribution in [2.45, 2.75) is 25.9 Å². The summed E-state index contributed by atoms with van der Waals surface area (Å²) in [5.41, 5.74) is 5.20. The number of thiophene rings is 1. The van der Waals surface area contributed by atoms with E-state index in [1.807, 2.05) is 74.7 Å². The first-order chi connectivity index (χ1) is 14.4. The quantitative estimate of drug-likeness (QED) is 0.350. The molecule has 0 aliphatic carbocycles. The summed E-state index contributed by atoms with van der Waals surface area (Å²) in [5.74, 6) is 0.0196. The lowest BCUT2D eigenvalue weighted by atomic mass is 10.1. The van der Waals surface area contributed by atoms with Gasteiger partial charge in [0.1, 0.15) is 4.70 Å². The highest BCUT2D eigenvalue weighted by Gasteiger charge is 2.17. The number of aryl methyl sites for hydroxylation is 3. The zero-order valence-electron chi connectivity index (χ0n) is 16.9. The average molecular weight is 436 g/mol. The third-order valence-electron chi connectivity index (χ3n) is 4.81. The van der Waals surface area contributed by atoms with E-state index in [4.69, 9.17) is 0 Å². The van der Waals surface area contributed by atoms with Gasteiger partial charge in [-0.05, 0) is 61.0 Å². The van der Waals surface area contributed by atoms with Crippen molar-refractivity contribution in [2.24, 2.45) is 0 Å². The molecule has 2 aromatic carbocycles. The second-order valence-corrected chi connectivity index (χ2v) is 8.97. The van der Waals surface area contributed by atoms with E-state index in [0.29, 0.717) is 15.4 Å². The molecule has 4 aromatic rings. The summed E-state index contributed by atoms with van der Waals surface area (Å²) in [6, 6.07) is 15.5. The number of para-hydroxylation sites is 1. The van der Waals surface area contributed by atoms with Crippen LogP contribution in [-0.4, -0.2) is 21.2 Å². The second kappa shape index (κ2) is 8.45. The van der Waals surface area contributed by atoms with E-state index in [1.54, 1.807) is 4.57 Å². The molecule has 0 radical (unpaired) electrons. The van der Waals surface area contributed by atoms with Gasteiger partial charge in [-0.3, -0.25) is 14.2 Å². The van der Waals surface area contributed by atoms with Crippen molar-refractivity contribution >= 4 is 44.9 Å². The molecular weight excluding hydrogens is 414 g/mol. The Morgan fingerprint density at radius 1 is 1.10 bits per heavy atom. The smallest absolute Gasteiger partial charge is 0.276 e. The van der Waals surface area contributed by atoms with Gasteiger partial charge in [-0.2, -0.15) is 0 Å². The highest BCUT2D eigenvalue weighted by atomic mass is 32.2. The fraction of sp³-hybridized carbons (Fsp3) is 0.174. The van der Waals surface area contributed by atoms with Gasteiger partial charge >= 0.3 is 0 Å². The van der Waals surface area contributed by atoms with Crippen LogP contribution in [-0.2, 0) is 4.79 Å². The number of fused-ring (bicyclic) bond motifs is 1. The number of hydrogen-bond acceptors (Lipinski definition) is 5. The first kappa shape index (κ1) is 20.4. The van der Waals surface area contributed by atoms with Crippen LogP contribution in [0.4, 0.5) is 5.69 Å². The maximum atomic E-state index is 13.2. The third-order valence-corrected chi connectivity index (χ3v) is 6.64. The standard InChI is InChI=1S/C23H21N3O2S2/c1-14-8-9-15(2)18(12-14)24-20(27)13-30-23-25-17-10-11-29-21(17)22(28)26(23)19-7-5-4-6-16(19)3/h4-12H,13H2,1-3H3,(H,24,27). The number of carbonyl (C=O) groups is 1. The summed E-state index contributed by atoms with van der Waals surface area (Å²) in [4.78, 5) is 30.5. The molecule has 0 saturated carbocycles. The molecule has 0 aliphatic rings. The Hall–Kier alpha value is -2.90. The molecule has 2 heterocycles. The van der Waals surface area contributed by atoms with Crippen LogP contribution in [0.2, 0.25) is 0 Å². The minimum absolute atomic E-state index is 0.110. The molecule has 0 aliphatic heterocycles. The Morgan fingerprint density at radius 2 is 1.90 bits per heavy atom. The van der Waals surface area contributed by atoms with Gasteiger partial charge in [-0.25, -0.2) is 4.98 Å². The summed E-state index contributed by atoms with van der Waals surface area (Å²) in [6.45, 7) is 5.91. The minimum atomic E-state index is -0.135. The molecule has 0 unspecified atom stereocenters. The van der Waals surface area contributed by atoms with Crippen LogP contribution in [0.5, 0.6) is 0 Å². The molecular formula is C23H21N3O2S2. The molecule has 2 aromatic heterocycles. The van der Waals surface area contributed by atoms with Crippen molar-refractivity contribution in [2.75, 3.05) is 11.1 Å². The molecule has 30 heavy (non-hydrogen) atoms. The van der Waals surface area contributed by atoms with Crippen molar-refractivity contribution in [1.82, 2.24) is 9.55 Å². The maximum absolute atomic E-state index is 13.2. The minimum Gasteiger partial charge on any atom is -0.325 e. The molecule has 0 saturated heterocycles. The monoisotopic (exact) mass is 435 g/mol. The normalized spacial score (nSPS) is 11.0. The molecule has 1 N–H and O–H groups in total. The summed E-state index contributed by atoms with van der Waals surface area (Å²) in [5, 5.41) is 5.34. The summed E-state index contributed by atoms with van der Waals surface area (Å²) < 4.78 is 2.23. The number of anilines is 1. The fourth-order valence-corrected chi connectivity index (χ4v) is 4.77. The summed E-state index contributed by atoms with van der Waals surface area (Å²) >= 11 is 2.65. The Morgan fingerprint density at radius 3 is 2.70 bits per heavy atom.